The first kappa shape index (κ1) is 14.6. The van der Waals surface area contributed by atoms with E-state index in [-0.39, 0.29) is 0 Å². The SMILES string of the molecule is CC1CC(C)CC2(CCNCC2c2ccc(Br)cc2)C1. The molecule has 1 heterocycles. The van der Waals surface area contributed by atoms with E-state index in [0.29, 0.717) is 11.3 Å². The topological polar surface area (TPSA) is 12.0 Å². The molecule has 3 atom stereocenters. The summed E-state index contributed by atoms with van der Waals surface area (Å²) in [6.07, 6.45) is 5.60. The van der Waals surface area contributed by atoms with Crippen LogP contribution < -0.4 is 5.32 Å². The smallest absolute Gasteiger partial charge is 0.0175 e. The molecule has 0 bridgehead atoms. The quantitative estimate of drug-likeness (QED) is 0.764. The van der Waals surface area contributed by atoms with Crippen LogP contribution in [0.15, 0.2) is 28.7 Å². The van der Waals surface area contributed by atoms with Crippen LogP contribution >= 0.6 is 15.9 Å². The lowest BCUT2D eigenvalue weighted by atomic mass is 9.56. The van der Waals surface area contributed by atoms with E-state index in [9.17, 15) is 0 Å². The molecule has 2 aliphatic rings. The number of halogens is 1. The van der Waals surface area contributed by atoms with Crippen molar-refractivity contribution in [1.82, 2.24) is 5.32 Å². The molecular weight excluding hydrogens is 310 g/mol. The molecule has 0 amide bonds. The minimum absolute atomic E-state index is 0.538. The molecule has 1 saturated heterocycles. The molecule has 1 aliphatic carbocycles. The lowest BCUT2D eigenvalue weighted by Crippen LogP contribution is -2.47. The maximum Gasteiger partial charge on any atom is 0.0175 e. The van der Waals surface area contributed by atoms with E-state index < -0.39 is 0 Å². The molecule has 20 heavy (non-hydrogen) atoms. The Morgan fingerprint density at radius 1 is 1.10 bits per heavy atom. The van der Waals surface area contributed by atoms with Crippen LogP contribution in [0.25, 0.3) is 0 Å². The van der Waals surface area contributed by atoms with Crippen LogP contribution in [-0.2, 0) is 0 Å². The molecule has 1 aliphatic heterocycles. The maximum atomic E-state index is 3.64. The molecule has 110 valence electrons. The van der Waals surface area contributed by atoms with Crippen molar-refractivity contribution in [1.29, 1.82) is 0 Å². The molecule has 1 saturated carbocycles. The Balaban J connectivity index is 1.92. The van der Waals surface area contributed by atoms with Crippen LogP contribution in [0, 0.1) is 17.3 Å². The van der Waals surface area contributed by atoms with Gasteiger partial charge < -0.3 is 5.32 Å². The number of benzene rings is 1. The summed E-state index contributed by atoms with van der Waals surface area (Å²) in [4.78, 5) is 0. The molecule has 3 rings (SSSR count). The van der Waals surface area contributed by atoms with Crippen LogP contribution in [0.4, 0.5) is 0 Å². The van der Waals surface area contributed by atoms with Crippen molar-refractivity contribution in [3.05, 3.63) is 34.3 Å². The molecule has 1 aromatic carbocycles. The zero-order chi connectivity index (χ0) is 14.2. The van der Waals surface area contributed by atoms with Crippen molar-refractivity contribution in [3.63, 3.8) is 0 Å². The fourth-order valence-electron chi connectivity index (χ4n) is 4.95. The predicted octanol–water partition coefficient (Wildman–Crippen LogP) is 4.97. The second-order valence-corrected chi connectivity index (χ2v) is 8.19. The molecule has 1 nitrogen and oxygen atoms in total. The summed E-state index contributed by atoms with van der Waals surface area (Å²) < 4.78 is 1.18. The first-order valence-corrected chi connectivity index (χ1v) is 8.84. The Bertz CT molecular complexity index is 443. The van der Waals surface area contributed by atoms with Gasteiger partial charge in [0.1, 0.15) is 0 Å². The third-order valence-electron chi connectivity index (χ3n) is 5.47. The van der Waals surface area contributed by atoms with Gasteiger partial charge in [0.15, 0.2) is 0 Å². The van der Waals surface area contributed by atoms with Gasteiger partial charge >= 0.3 is 0 Å². The van der Waals surface area contributed by atoms with E-state index in [4.69, 9.17) is 0 Å². The number of rotatable bonds is 1. The van der Waals surface area contributed by atoms with Gasteiger partial charge in [0.05, 0.1) is 0 Å². The fraction of sp³-hybridized carbons (Fsp3) is 0.667. The second-order valence-electron chi connectivity index (χ2n) is 7.27. The average Bonchev–Trinajstić information content (AvgIpc) is 2.39. The number of hydrogen-bond donors (Lipinski definition) is 1. The number of hydrogen-bond acceptors (Lipinski definition) is 1. The van der Waals surface area contributed by atoms with Crippen LogP contribution in [0.3, 0.4) is 0 Å². The largest absolute Gasteiger partial charge is 0.316 e. The summed E-state index contributed by atoms with van der Waals surface area (Å²) in [5.41, 5.74) is 2.07. The van der Waals surface area contributed by atoms with Crippen molar-refractivity contribution in [2.24, 2.45) is 17.3 Å². The summed E-state index contributed by atoms with van der Waals surface area (Å²) in [7, 11) is 0. The lowest BCUT2D eigenvalue weighted by Gasteiger charge is -2.51. The standard InChI is InChI=1S/C18H26BrN/c1-13-9-14(2)11-18(10-13)7-8-20-12-17(18)15-3-5-16(19)6-4-15/h3-6,13-14,17,20H,7-12H2,1-2H3. The molecule has 1 N–H and O–H groups in total. The van der Waals surface area contributed by atoms with Crippen LogP contribution in [0.1, 0.15) is 51.0 Å². The first-order valence-electron chi connectivity index (χ1n) is 8.05. The zero-order valence-corrected chi connectivity index (χ0v) is 14.2. The van der Waals surface area contributed by atoms with E-state index >= 15 is 0 Å². The van der Waals surface area contributed by atoms with E-state index in [0.717, 1.165) is 18.4 Å². The molecule has 1 spiro atoms. The summed E-state index contributed by atoms with van der Waals surface area (Å²) >= 11 is 3.56. The minimum atomic E-state index is 0.538. The van der Waals surface area contributed by atoms with Crippen molar-refractivity contribution in [2.75, 3.05) is 13.1 Å². The number of piperidine rings is 1. The van der Waals surface area contributed by atoms with Gasteiger partial charge in [0.25, 0.3) is 0 Å². The third-order valence-corrected chi connectivity index (χ3v) is 6.00. The monoisotopic (exact) mass is 335 g/mol. The Morgan fingerprint density at radius 3 is 2.40 bits per heavy atom. The van der Waals surface area contributed by atoms with Gasteiger partial charge in [-0.25, -0.2) is 0 Å². The van der Waals surface area contributed by atoms with Crippen LogP contribution in [0.2, 0.25) is 0 Å². The highest BCUT2D eigenvalue weighted by Crippen LogP contribution is 2.53. The lowest BCUT2D eigenvalue weighted by molar-refractivity contribution is 0.0472. The van der Waals surface area contributed by atoms with Crippen molar-refractivity contribution >= 4 is 15.9 Å². The summed E-state index contributed by atoms with van der Waals surface area (Å²) in [5.74, 6) is 2.46. The fourth-order valence-corrected chi connectivity index (χ4v) is 5.22. The van der Waals surface area contributed by atoms with Gasteiger partial charge in [-0.15, -0.1) is 0 Å². The van der Waals surface area contributed by atoms with Crippen molar-refractivity contribution in [2.45, 2.75) is 45.4 Å². The van der Waals surface area contributed by atoms with Gasteiger partial charge in [-0.2, -0.15) is 0 Å². The molecule has 2 heteroatoms. The van der Waals surface area contributed by atoms with E-state index in [1.807, 2.05) is 0 Å². The molecule has 2 fully saturated rings. The summed E-state index contributed by atoms with van der Waals surface area (Å²) in [6.45, 7) is 7.27. The highest BCUT2D eigenvalue weighted by Gasteiger charge is 2.45. The van der Waals surface area contributed by atoms with E-state index in [2.05, 4.69) is 59.4 Å². The van der Waals surface area contributed by atoms with Gasteiger partial charge in [0.2, 0.25) is 0 Å². The average molecular weight is 336 g/mol. The van der Waals surface area contributed by atoms with Gasteiger partial charge in [-0.05, 0) is 67.2 Å². The molecule has 3 unspecified atom stereocenters. The van der Waals surface area contributed by atoms with Gasteiger partial charge in [0, 0.05) is 16.9 Å². The molecule has 1 aromatic rings. The van der Waals surface area contributed by atoms with E-state index in [1.165, 1.54) is 42.3 Å². The molecular formula is C18H26BrN. The molecule has 0 radical (unpaired) electrons. The maximum absolute atomic E-state index is 3.64. The highest BCUT2D eigenvalue weighted by molar-refractivity contribution is 9.10. The highest BCUT2D eigenvalue weighted by atomic mass is 79.9. The first-order chi connectivity index (χ1) is 9.59. The molecule has 0 aromatic heterocycles. The predicted molar refractivity (Wildman–Crippen MR) is 89.0 cm³/mol. The minimum Gasteiger partial charge on any atom is -0.316 e. The Morgan fingerprint density at radius 2 is 1.75 bits per heavy atom. The zero-order valence-electron chi connectivity index (χ0n) is 12.7. The van der Waals surface area contributed by atoms with Gasteiger partial charge in [-0.3, -0.25) is 0 Å². The van der Waals surface area contributed by atoms with E-state index in [1.54, 1.807) is 0 Å². The Hall–Kier alpha value is -0.340. The van der Waals surface area contributed by atoms with Crippen LogP contribution in [0.5, 0.6) is 0 Å². The van der Waals surface area contributed by atoms with Crippen LogP contribution in [-0.4, -0.2) is 13.1 Å². The van der Waals surface area contributed by atoms with Crippen molar-refractivity contribution < 1.29 is 0 Å². The Labute approximate surface area is 131 Å². The Kier molecular flexibility index (Phi) is 4.24. The third kappa shape index (κ3) is 2.82. The number of nitrogens with one attached hydrogen (secondary N) is 1. The summed E-state index contributed by atoms with van der Waals surface area (Å²) in [5, 5.41) is 3.64. The normalized spacial score (nSPS) is 38.0. The second kappa shape index (κ2) is 5.81. The van der Waals surface area contributed by atoms with Gasteiger partial charge in [-0.1, -0.05) is 41.9 Å². The summed E-state index contributed by atoms with van der Waals surface area (Å²) in [6, 6.07) is 9.06. The van der Waals surface area contributed by atoms with Crippen molar-refractivity contribution in [3.8, 4) is 0 Å².